The van der Waals surface area contributed by atoms with Crippen molar-refractivity contribution in [1.82, 2.24) is 10.1 Å². The number of aliphatic hydroxyl groups is 1. The van der Waals surface area contributed by atoms with E-state index in [0.717, 1.165) is 38.5 Å². The first-order valence-corrected chi connectivity index (χ1v) is 17.2. The van der Waals surface area contributed by atoms with Gasteiger partial charge in [0.05, 0.1) is 11.5 Å². The van der Waals surface area contributed by atoms with Gasteiger partial charge in [-0.25, -0.2) is 8.78 Å². The zero-order chi connectivity index (χ0) is 34.5. The summed E-state index contributed by atoms with van der Waals surface area (Å²) in [5, 5.41) is 23.8. The van der Waals surface area contributed by atoms with Crippen molar-refractivity contribution in [1.29, 1.82) is 5.26 Å². The fourth-order valence-corrected chi connectivity index (χ4v) is 8.57. The number of hydrogen-bond donors (Lipinski definition) is 1. The van der Waals surface area contributed by atoms with Gasteiger partial charge in [-0.1, -0.05) is 29.4 Å². The lowest BCUT2D eigenvalue weighted by molar-refractivity contribution is -0.298. The fraction of sp³-hybridized carbons (Fsp3) is 0.568. The molecule has 6 fully saturated rings. The van der Waals surface area contributed by atoms with Crippen molar-refractivity contribution < 1.29 is 36.4 Å². The van der Waals surface area contributed by atoms with Gasteiger partial charge in [0.1, 0.15) is 5.82 Å². The minimum Gasteiger partial charge on any atom is -0.380 e. The molecule has 0 atom stereocenters. The summed E-state index contributed by atoms with van der Waals surface area (Å²) in [7, 11) is 0. The number of halogens is 5. The molecule has 9 rings (SSSR count). The number of fused-ring (bicyclic) bond motifs is 3. The first kappa shape index (κ1) is 32.4. The molecule has 2 aromatic carbocycles. The van der Waals surface area contributed by atoms with Crippen LogP contribution in [0.5, 0.6) is 0 Å². The van der Waals surface area contributed by atoms with Gasteiger partial charge in [0.25, 0.3) is 5.89 Å². The maximum absolute atomic E-state index is 15.3. The Morgan fingerprint density at radius 3 is 2.24 bits per heavy atom. The van der Waals surface area contributed by atoms with E-state index in [0.29, 0.717) is 60.4 Å². The summed E-state index contributed by atoms with van der Waals surface area (Å²) in [5.41, 5.74) is -3.45. The second-order valence-corrected chi connectivity index (χ2v) is 15.6. The van der Waals surface area contributed by atoms with Gasteiger partial charge in [0.2, 0.25) is 5.91 Å². The third kappa shape index (κ3) is 5.43. The van der Waals surface area contributed by atoms with Crippen LogP contribution in [0, 0.1) is 28.5 Å². The predicted molar refractivity (Wildman–Crippen MR) is 167 cm³/mol. The zero-order valence-corrected chi connectivity index (χ0v) is 27.0. The van der Waals surface area contributed by atoms with Gasteiger partial charge in [-0.15, -0.1) is 0 Å². The van der Waals surface area contributed by atoms with Crippen molar-refractivity contribution in [2.75, 3.05) is 11.4 Å². The zero-order valence-electron chi connectivity index (χ0n) is 27.0. The SMILES string of the molecule is N#CC1(c2ccc(-c3cccc(N(CC45CCC(c6noc(C7(F)CC7)n6)(CC4)CC5)C(=O)CC4CC(O)(C(F)(F)F)C4)c3)cc2F)CC1. The molecule has 0 spiro atoms. The minimum atomic E-state index is -4.75. The van der Waals surface area contributed by atoms with Gasteiger partial charge in [-0.3, -0.25) is 4.79 Å². The molecule has 0 aliphatic heterocycles. The molecular weight excluding hydrogens is 643 g/mol. The summed E-state index contributed by atoms with van der Waals surface area (Å²) in [6, 6.07) is 14.2. The second kappa shape index (κ2) is 10.8. The highest BCUT2D eigenvalue weighted by atomic mass is 19.4. The van der Waals surface area contributed by atoms with E-state index in [1.807, 2.05) is 6.07 Å². The van der Waals surface area contributed by atoms with Crippen LogP contribution in [0.25, 0.3) is 11.1 Å². The highest BCUT2D eigenvalue weighted by Crippen LogP contribution is 2.59. The number of nitrogens with zero attached hydrogens (tertiary/aromatic N) is 4. The number of carbonyl (C=O) groups excluding carboxylic acids is 1. The number of anilines is 1. The molecule has 1 amide bonds. The number of aromatic nitrogens is 2. The lowest BCUT2D eigenvalue weighted by atomic mass is 9.53. The number of rotatable bonds is 9. The Labute approximate surface area is 280 Å². The molecule has 2 bridgehead atoms. The monoisotopic (exact) mass is 680 g/mol. The van der Waals surface area contributed by atoms with Crippen molar-refractivity contribution in [3.8, 4) is 17.2 Å². The van der Waals surface area contributed by atoms with E-state index in [1.54, 1.807) is 35.2 Å². The third-order valence-electron chi connectivity index (χ3n) is 12.4. The van der Waals surface area contributed by atoms with Crippen LogP contribution in [0.1, 0.15) is 101 Å². The Hall–Kier alpha value is -3.85. The molecule has 0 radical (unpaired) electrons. The first-order chi connectivity index (χ1) is 23.2. The molecule has 49 heavy (non-hydrogen) atoms. The van der Waals surface area contributed by atoms with Crippen LogP contribution in [-0.2, 0) is 21.3 Å². The Morgan fingerprint density at radius 2 is 1.65 bits per heavy atom. The number of benzene rings is 2. The molecule has 12 heteroatoms. The Kier molecular flexibility index (Phi) is 7.15. The topological polar surface area (TPSA) is 103 Å². The molecule has 6 saturated carbocycles. The second-order valence-electron chi connectivity index (χ2n) is 15.6. The predicted octanol–water partition coefficient (Wildman–Crippen LogP) is 8.11. The van der Waals surface area contributed by atoms with Crippen LogP contribution >= 0.6 is 0 Å². The normalized spacial score (nSPS) is 30.7. The highest BCUT2D eigenvalue weighted by Gasteiger charge is 2.61. The summed E-state index contributed by atoms with van der Waals surface area (Å²) in [4.78, 5) is 20.2. The summed E-state index contributed by atoms with van der Waals surface area (Å²) in [6.07, 6.45) is 0.550. The van der Waals surface area contributed by atoms with E-state index in [1.165, 1.54) is 6.07 Å². The summed E-state index contributed by atoms with van der Waals surface area (Å²) < 4.78 is 75.3. The van der Waals surface area contributed by atoms with Crippen LogP contribution in [0.4, 0.5) is 27.6 Å². The van der Waals surface area contributed by atoms with Gasteiger partial charge in [-0.2, -0.15) is 23.4 Å². The van der Waals surface area contributed by atoms with Crippen molar-refractivity contribution >= 4 is 11.6 Å². The van der Waals surface area contributed by atoms with E-state index >= 15 is 4.39 Å². The van der Waals surface area contributed by atoms with Crippen LogP contribution in [0.15, 0.2) is 47.0 Å². The van der Waals surface area contributed by atoms with Gasteiger partial charge in [-0.05, 0) is 118 Å². The van der Waals surface area contributed by atoms with Crippen molar-refractivity contribution in [3.63, 3.8) is 0 Å². The number of nitriles is 1. The van der Waals surface area contributed by atoms with Crippen molar-refractivity contribution in [2.45, 2.75) is 112 Å². The molecule has 258 valence electrons. The molecule has 6 aliphatic carbocycles. The summed E-state index contributed by atoms with van der Waals surface area (Å²) in [6.45, 7) is 0.352. The number of alkyl halides is 4. The average molecular weight is 681 g/mol. The maximum atomic E-state index is 15.3. The smallest absolute Gasteiger partial charge is 0.380 e. The molecule has 0 saturated heterocycles. The van der Waals surface area contributed by atoms with E-state index in [9.17, 15) is 32.7 Å². The van der Waals surface area contributed by atoms with E-state index in [-0.39, 0.29) is 29.0 Å². The lowest BCUT2D eigenvalue weighted by Gasteiger charge is -2.53. The van der Waals surface area contributed by atoms with Gasteiger partial charge in [0, 0.05) is 29.6 Å². The van der Waals surface area contributed by atoms with Gasteiger partial charge in [0.15, 0.2) is 17.1 Å². The standard InChI is InChI=1S/C37H37F5N4O3/c38-28-18-25(4-5-27(28)34(21-43)12-13-34)24-2-1-3-26(17-24)46(29(47)16-23-19-36(48,20-23)37(40,41)42)22-32-6-9-33(10-7-32,11-8-32)30-44-31(49-45-30)35(39)14-15-35/h1-5,17-18,23,48H,6-16,19-20,22H2. The molecule has 3 aromatic rings. The lowest BCUT2D eigenvalue weighted by Crippen LogP contribution is -2.56. The Bertz CT molecular complexity index is 1830. The Balaban J connectivity index is 1.05. The molecular formula is C37H37F5N4O3. The molecule has 7 nitrogen and oxygen atoms in total. The summed E-state index contributed by atoms with van der Waals surface area (Å²) in [5.74, 6) is -0.799. The number of carbonyl (C=O) groups is 1. The summed E-state index contributed by atoms with van der Waals surface area (Å²) >= 11 is 0. The van der Waals surface area contributed by atoms with E-state index in [2.05, 4.69) is 16.2 Å². The van der Waals surface area contributed by atoms with Crippen molar-refractivity contribution in [2.24, 2.45) is 11.3 Å². The maximum Gasteiger partial charge on any atom is 0.417 e. The average Bonchev–Trinajstić information content (AvgIpc) is 3.98. The quantitative estimate of drug-likeness (QED) is 0.229. The fourth-order valence-electron chi connectivity index (χ4n) is 8.57. The van der Waals surface area contributed by atoms with Gasteiger partial charge < -0.3 is 14.5 Å². The third-order valence-corrected chi connectivity index (χ3v) is 12.4. The highest BCUT2D eigenvalue weighted by molar-refractivity contribution is 5.94. The van der Waals surface area contributed by atoms with Crippen LogP contribution in [0.3, 0.4) is 0 Å². The Morgan fingerprint density at radius 1 is 0.980 bits per heavy atom. The first-order valence-electron chi connectivity index (χ1n) is 17.2. The van der Waals surface area contributed by atoms with E-state index in [4.69, 9.17) is 4.52 Å². The number of hydrogen-bond acceptors (Lipinski definition) is 6. The minimum absolute atomic E-state index is 0.0518. The molecule has 1 heterocycles. The molecule has 1 aromatic heterocycles. The van der Waals surface area contributed by atoms with Crippen molar-refractivity contribution in [3.05, 3.63) is 65.6 Å². The van der Waals surface area contributed by atoms with Crippen LogP contribution in [0.2, 0.25) is 0 Å². The van der Waals surface area contributed by atoms with Gasteiger partial charge >= 0.3 is 6.18 Å². The molecule has 0 unspecified atom stereocenters. The largest absolute Gasteiger partial charge is 0.417 e. The molecule has 6 aliphatic rings. The molecule has 1 N–H and O–H groups in total. The number of amides is 1. The van der Waals surface area contributed by atoms with Crippen LogP contribution in [-0.4, -0.2) is 39.5 Å². The van der Waals surface area contributed by atoms with Crippen LogP contribution < -0.4 is 4.90 Å². The van der Waals surface area contributed by atoms with E-state index < -0.39 is 47.4 Å².